The summed E-state index contributed by atoms with van der Waals surface area (Å²) < 4.78 is 5.31. The van der Waals surface area contributed by atoms with Crippen LogP contribution in [-0.2, 0) is 9.53 Å². The third-order valence-corrected chi connectivity index (χ3v) is 3.93. The maximum absolute atomic E-state index is 12.2. The van der Waals surface area contributed by atoms with Crippen molar-refractivity contribution in [3.8, 4) is 0 Å². The summed E-state index contributed by atoms with van der Waals surface area (Å²) in [7, 11) is 0. The van der Waals surface area contributed by atoms with Gasteiger partial charge in [-0.15, -0.1) is 24.8 Å². The normalized spacial score (nSPS) is 17.0. The van der Waals surface area contributed by atoms with Crippen LogP contribution in [0.5, 0.6) is 0 Å². The Morgan fingerprint density at radius 1 is 1.25 bits per heavy atom. The second-order valence-corrected chi connectivity index (χ2v) is 4.88. The van der Waals surface area contributed by atoms with Crippen LogP contribution in [0.25, 0.3) is 0 Å². The fourth-order valence-electron chi connectivity index (χ4n) is 2.34. The van der Waals surface area contributed by atoms with Crippen molar-refractivity contribution < 1.29 is 9.53 Å². The minimum Gasteiger partial charge on any atom is -0.381 e. The van der Waals surface area contributed by atoms with Gasteiger partial charge in [-0.05, 0) is 25.9 Å². The summed E-state index contributed by atoms with van der Waals surface area (Å²) >= 11 is 0. The van der Waals surface area contributed by atoms with Crippen LogP contribution in [0.4, 0.5) is 0 Å². The maximum atomic E-state index is 12.2. The number of amides is 1. The number of halogens is 2. The molecule has 0 unspecified atom stereocenters. The lowest BCUT2D eigenvalue weighted by atomic mass is 9.79. The lowest BCUT2D eigenvalue weighted by Gasteiger charge is -2.34. The number of nitrogens with two attached hydrogens (primary N) is 1. The van der Waals surface area contributed by atoms with E-state index in [1.54, 1.807) is 0 Å². The van der Waals surface area contributed by atoms with E-state index >= 15 is 0 Å². The van der Waals surface area contributed by atoms with E-state index in [1.807, 2.05) is 0 Å². The Kier molecular flexibility index (Phi) is 12.9. The largest absolute Gasteiger partial charge is 0.381 e. The van der Waals surface area contributed by atoms with E-state index in [1.165, 1.54) is 0 Å². The van der Waals surface area contributed by atoms with Crippen molar-refractivity contribution in [3.63, 3.8) is 0 Å². The van der Waals surface area contributed by atoms with Gasteiger partial charge in [-0.1, -0.05) is 13.8 Å². The van der Waals surface area contributed by atoms with Crippen molar-refractivity contribution in [2.24, 2.45) is 11.1 Å². The van der Waals surface area contributed by atoms with Crippen LogP contribution in [0, 0.1) is 5.41 Å². The zero-order valence-corrected chi connectivity index (χ0v) is 14.2. The van der Waals surface area contributed by atoms with Crippen molar-refractivity contribution in [1.82, 2.24) is 10.2 Å². The zero-order valence-electron chi connectivity index (χ0n) is 12.5. The van der Waals surface area contributed by atoms with E-state index in [4.69, 9.17) is 10.5 Å². The van der Waals surface area contributed by atoms with Gasteiger partial charge in [0, 0.05) is 32.8 Å². The van der Waals surface area contributed by atoms with Gasteiger partial charge in [-0.2, -0.15) is 0 Å². The number of nitrogens with one attached hydrogen (secondary N) is 1. The maximum Gasteiger partial charge on any atom is 0.227 e. The highest BCUT2D eigenvalue weighted by molar-refractivity contribution is 5.85. The minimum atomic E-state index is -0.401. The molecule has 1 heterocycles. The summed E-state index contributed by atoms with van der Waals surface area (Å²) in [5, 5.41) is 3.03. The van der Waals surface area contributed by atoms with E-state index in [0.717, 1.165) is 32.5 Å². The predicted octanol–water partition coefficient (Wildman–Crippen LogP) is 1.04. The van der Waals surface area contributed by atoms with E-state index in [9.17, 15) is 4.79 Å². The van der Waals surface area contributed by atoms with Gasteiger partial charge in [0.25, 0.3) is 0 Å². The molecule has 0 saturated carbocycles. The lowest BCUT2D eigenvalue weighted by molar-refractivity contribution is -0.135. The fourth-order valence-corrected chi connectivity index (χ4v) is 2.34. The van der Waals surface area contributed by atoms with Crippen molar-refractivity contribution in [2.45, 2.75) is 26.7 Å². The highest BCUT2D eigenvalue weighted by Crippen LogP contribution is 2.29. The molecule has 5 nitrogen and oxygen atoms in total. The SMILES string of the molecule is CCN(CC)CCNC(=O)C1(CN)CCOCC1.Cl.Cl. The quantitative estimate of drug-likeness (QED) is 0.732. The zero-order chi connectivity index (χ0) is 13.4. The van der Waals surface area contributed by atoms with E-state index in [0.29, 0.717) is 26.3 Å². The van der Waals surface area contributed by atoms with Gasteiger partial charge in [-0.3, -0.25) is 4.79 Å². The van der Waals surface area contributed by atoms with Crippen LogP contribution >= 0.6 is 24.8 Å². The molecule has 0 aromatic heterocycles. The molecule has 0 aliphatic carbocycles. The Bertz CT molecular complexity index is 258. The molecule has 1 aliphatic rings. The molecule has 0 radical (unpaired) electrons. The molecule has 0 aromatic rings. The first kappa shape index (κ1) is 22.2. The molecule has 122 valence electrons. The smallest absolute Gasteiger partial charge is 0.227 e. The molecule has 1 fully saturated rings. The van der Waals surface area contributed by atoms with Gasteiger partial charge in [0.1, 0.15) is 0 Å². The van der Waals surface area contributed by atoms with Gasteiger partial charge < -0.3 is 20.7 Å². The first-order valence-electron chi connectivity index (χ1n) is 6.97. The van der Waals surface area contributed by atoms with Gasteiger partial charge in [0.05, 0.1) is 5.41 Å². The predicted molar refractivity (Wildman–Crippen MR) is 86.8 cm³/mol. The van der Waals surface area contributed by atoms with Gasteiger partial charge in [-0.25, -0.2) is 0 Å². The molecular formula is C13H29Cl2N3O2. The third-order valence-electron chi connectivity index (χ3n) is 3.93. The standard InChI is InChI=1S/C13H27N3O2.2ClH/c1-3-16(4-2)8-7-15-12(17)13(11-14)5-9-18-10-6-13;;/h3-11,14H2,1-2H3,(H,15,17);2*1H. The summed E-state index contributed by atoms with van der Waals surface area (Å²) in [4.78, 5) is 14.5. The van der Waals surface area contributed by atoms with E-state index in [2.05, 4.69) is 24.1 Å². The Labute approximate surface area is 134 Å². The average Bonchev–Trinajstić information content (AvgIpc) is 2.44. The van der Waals surface area contributed by atoms with Crippen LogP contribution in [-0.4, -0.2) is 56.7 Å². The van der Waals surface area contributed by atoms with Gasteiger partial charge >= 0.3 is 0 Å². The highest BCUT2D eigenvalue weighted by Gasteiger charge is 2.38. The summed E-state index contributed by atoms with van der Waals surface area (Å²) in [5.41, 5.74) is 5.39. The second kappa shape index (κ2) is 11.6. The third kappa shape index (κ3) is 6.14. The lowest BCUT2D eigenvalue weighted by Crippen LogP contribution is -2.50. The molecule has 0 bridgehead atoms. The Morgan fingerprint density at radius 3 is 2.25 bits per heavy atom. The van der Waals surface area contributed by atoms with Crippen molar-refractivity contribution in [3.05, 3.63) is 0 Å². The number of carbonyl (C=O) groups excluding carboxylic acids is 1. The number of rotatable bonds is 7. The first-order valence-corrected chi connectivity index (χ1v) is 6.97. The first-order chi connectivity index (χ1) is 8.68. The van der Waals surface area contributed by atoms with Gasteiger partial charge in [0.2, 0.25) is 5.91 Å². The highest BCUT2D eigenvalue weighted by atomic mass is 35.5. The average molecular weight is 330 g/mol. The second-order valence-electron chi connectivity index (χ2n) is 4.88. The monoisotopic (exact) mass is 329 g/mol. The van der Waals surface area contributed by atoms with Crippen molar-refractivity contribution >= 4 is 30.7 Å². The topological polar surface area (TPSA) is 67.6 Å². The Morgan fingerprint density at radius 2 is 1.80 bits per heavy atom. The molecule has 20 heavy (non-hydrogen) atoms. The molecule has 7 heteroatoms. The Hall–Kier alpha value is -0.0700. The number of ether oxygens (including phenoxy) is 1. The molecule has 3 N–H and O–H groups in total. The number of carbonyl (C=O) groups is 1. The van der Waals surface area contributed by atoms with Crippen molar-refractivity contribution in [2.75, 3.05) is 45.9 Å². The van der Waals surface area contributed by atoms with Crippen LogP contribution < -0.4 is 11.1 Å². The summed E-state index contributed by atoms with van der Waals surface area (Å²) in [6.07, 6.45) is 1.47. The number of likely N-dealkylation sites (N-methyl/N-ethyl adjacent to an activating group) is 1. The molecule has 1 amide bonds. The summed E-state index contributed by atoms with van der Waals surface area (Å²) in [5.74, 6) is 0.0976. The fraction of sp³-hybridized carbons (Fsp3) is 0.923. The van der Waals surface area contributed by atoms with E-state index < -0.39 is 5.41 Å². The molecular weight excluding hydrogens is 301 g/mol. The molecule has 0 spiro atoms. The molecule has 0 atom stereocenters. The number of nitrogens with zero attached hydrogens (tertiary/aromatic N) is 1. The van der Waals surface area contributed by atoms with Crippen LogP contribution in [0.2, 0.25) is 0 Å². The van der Waals surface area contributed by atoms with E-state index in [-0.39, 0.29) is 30.7 Å². The Balaban J connectivity index is 0. The molecule has 0 aromatic carbocycles. The minimum absolute atomic E-state index is 0. The van der Waals surface area contributed by atoms with Crippen LogP contribution in [0.1, 0.15) is 26.7 Å². The summed E-state index contributed by atoms with van der Waals surface area (Å²) in [6, 6.07) is 0. The molecule has 1 saturated heterocycles. The molecule has 1 aliphatic heterocycles. The van der Waals surface area contributed by atoms with Gasteiger partial charge in [0.15, 0.2) is 0 Å². The van der Waals surface area contributed by atoms with Crippen LogP contribution in [0.15, 0.2) is 0 Å². The van der Waals surface area contributed by atoms with Crippen LogP contribution in [0.3, 0.4) is 0 Å². The summed E-state index contributed by atoms with van der Waals surface area (Å²) in [6.45, 7) is 9.58. The number of hydrogen-bond donors (Lipinski definition) is 2. The van der Waals surface area contributed by atoms with Crippen molar-refractivity contribution in [1.29, 1.82) is 0 Å². The molecule has 1 rings (SSSR count). The number of hydrogen-bond acceptors (Lipinski definition) is 4.